The van der Waals surface area contributed by atoms with Gasteiger partial charge in [0.05, 0.1) is 48.3 Å². The highest BCUT2D eigenvalue weighted by Gasteiger charge is 2.30. The Bertz CT molecular complexity index is 1230. The summed E-state index contributed by atoms with van der Waals surface area (Å²) < 4.78 is 18.7. The van der Waals surface area contributed by atoms with Gasteiger partial charge in [0.25, 0.3) is 0 Å². The number of nitrogens with two attached hydrogens (primary N) is 1. The molecule has 0 aliphatic heterocycles. The second-order valence-electron chi connectivity index (χ2n) is 8.08. The van der Waals surface area contributed by atoms with Gasteiger partial charge >= 0.3 is 23.3 Å². The summed E-state index contributed by atoms with van der Waals surface area (Å²) in [5.74, 6) is -2.03. The van der Waals surface area contributed by atoms with Crippen molar-refractivity contribution in [3.05, 3.63) is 62.9 Å². The number of hydrogen-bond donors (Lipinski definition) is 1. The van der Waals surface area contributed by atoms with Crippen LogP contribution in [-0.4, -0.2) is 55.8 Å². The van der Waals surface area contributed by atoms with E-state index in [1.807, 2.05) is 0 Å². The number of carbonyl (C=O) groups is 2. The predicted molar refractivity (Wildman–Crippen MR) is 151 cm³/mol. The molecule has 0 unspecified atom stereocenters. The van der Waals surface area contributed by atoms with Crippen molar-refractivity contribution < 1.29 is 43.2 Å². The smallest absolute Gasteiger partial charge is 0.341 e. The maximum absolute atomic E-state index is 11.4. The van der Waals surface area contributed by atoms with Crippen LogP contribution in [0, 0.1) is 25.1 Å². The topological polar surface area (TPSA) is 222 Å². The van der Waals surface area contributed by atoms with Gasteiger partial charge in [-0.2, -0.15) is 0 Å². The molecule has 2 rings (SSSR count). The minimum Gasteiger partial charge on any atom is -0.490 e. The fourth-order valence-electron chi connectivity index (χ4n) is 2.62. The second kappa shape index (κ2) is 16.3. The molecule has 2 N–H and O–H groups in total. The van der Waals surface area contributed by atoms with E-state index in [2.05, 4.69) is 35.6 Å². The zero-order valence-corrected chi connectivity index (χ0v) is 25.7. The lowest BCUT2D eigenvalue weighted by Gasteiger charge is -2.11. The number of ether oxygens (including phenoxy) is 4. The minimum absolute atomic E-state index is 0.0258. The lowest BCUT2D eigenvalue weighted by molar-refractivity contribution is -0.386. The zero-order valence-electron chi connectivity index (χ0n) is 22.6. The molecular formula is C22H25BrCl2N4O12. The van der Waals surface area contributed by atoms with Gasteiger partial charge in [-0.05, 0) is 48.8 Å². The number of anilines is 1. The van der Waals surface area contributed by atoms with Crippen molar-refractivity contribution in [3.63, 3.8) is 0 Å². The molecule has 0 heterocycles. The van der Waals surface area contributed by atoms with Crippen LogP contribution in [-0.2, 0) is 14.3 Å². The maximum atomic E-state index is 11.4. The van der Waals surface area contributed by atoms with E-state index in [0.29, 0.717) is 0 Å². The van der Waals surface area contributed by atoms with E-state index in [-0.39, 0.29) is 42.8 Å². The fraction of sp³-hybridized carbons (Fsp3) is 0.364. The number of esters is 2. The van der Waals surface area contributed by atoms with Crippen molar-refractivity contribution in [1.82, 2.24) is 0 Å². The van der Waals surface area contributed by atoms with Crippen molar-refractivity contribution >= 4 is 68.1 Å². The Morgan fingerprint density at radius 3 is 1.56 bits per heavy atom. The third-order valence-electron chi connectivity index (χ3n) is 4.29. The standard InChI is InChI=1S/C9H7BrClNO5.C9H9ClN2O5.C4H9NO2/c1-16-8-4(9(13)17-2)3-5(11)6(10)7(8)12(14)15;1-16-8-4(9(13)17-2)3-5(10)6(11)7(8)12(14)15;1-4(2,3)7-5-6/h3H,1-2H3;3H,11H2,1-2H3;1-3H3. The summed E-state index contributed by atoms with van der Waals surface area (Å²) in [6.45, 7) is 5.28. The van der Waals surface area contributed by atoms with Crippen LogP contribution in [0.3, 0.4) is 0 Å². The first kappa shape index (κ1) is 37.0. The van der Waals surface area contributed by atoms with Crippen LogP contribution < -0.4 is 15.2 Å². The molecule has 0 aromatic heterocycles. The van der Waals surface area contributed by atoms with Crippen molar-refractivity contribution in [2.75, 3.05) is 34.2 Å². The number of nitro benzene ring substituents is 2. The van der Waals surface area contributed by atoms with Crippen LogP contribution >= 0.6 is 39.1 Å². The highest BCUT2D eigenvalue weighted by molar-refractivity contribution is 9.10. The lowest BCUT2D eigenvalue weighted by atomic mass is 10.1. The van der Waals surface area contributed by atoms with Crippen LogP contribution in [0.1, 0.15) is 41.5 Å². The highest BCUT2D eigenvalue weighted by atomic mass is 79.9. The summed E-state index contributed by atoms with van der Waals surface area (Å²) in [6, 6.07) is 2.40. The Morgan fingerprint density at radius 2 is 1.27 bits per heavy atom. The largest absolute Gasteiger partial charge is 0.490 e. The average molecular weight is 688 g/mol. The van der Waals surface area contributed by atoms with Crippen molar-refractivity contribution in [2.45, 2.75) is 26.4 Å². The Hall–Kier alpha value is -3.96. The van der Waals surface area contributed by atoms with Crippen LogP contribution in [0.4, 0.5) is 17.1 Å². The molecule has 0 spiro atoms. The number of hydrogen-bond acceptors (Lipinski definition) is 14. The van der Waals surface area contributed by atoms with Gasteiger partial charge < -0.3 is 29.5 Å². The van der Waals surface area contributed by atoms with Gasteiger partial charge in [-0.3, -0.25) is 20.2 Å². The molecule has 226 valence electrons. The molecule has 16 nitrogen and oxygen atoms in total. The van der Waals surface area contributed by atoms with Crippen molar-refractivity contribution in [3.8, 4) is 11.5 Å². The number of benzene rings is 2. The number of nitrogens with zero attached hydrogens (tertiary/aromatic N) is 3. The minimum atomic E-state index is -0.799. The van der Waals surface area contributed by atoms with E-state index >= 15 is 0 Å². The Labute approximate surface area is 251 Å². The fourth-order valence-corrected chi connectivity index (χ4v) is 3.46. The van der Waals surface area contributed by atoms with Gasteiger partial charge in [0, 0.05) is 0 Å². The third kappa shape index (κ3) is 10.2. The van der Waals surface area contributed by atoms with E-state index in [1.54, 1.807) is 20.8 Å². The molecule has 0 aliphatic carbocycles. The molecule has 0 radical (unpaired) electrons. The lowest BCUT2D eigenvalue weighted by Crippen LogP contribution is -2.14. The van der Waals surface area contributed by atoms with Gasteiger partial charge in [-0.15, -0.1) is 4.91 Å². The average Bonchev–Trinajstić information content (AvgIpc) is 2.89. The summed E-state index contributed by atoms with van der Waals surface area (Å²) in [5.41, 5.74) is 3.55. The van der Waals surface area contributed by atoms with Crippen LogP contribution in [0.25, 0.3) is 0 Å². The van der Waals surface area contributed by atoms with Crippen LogP contribution in [0.15, 0.2) is 21.9 Å². The summed E-state index contributed by atoms with van der Waals surface area (Å²) in [4.78, 5) is 56.8. The van der Waals surface area contributed by atoms with Crippen molar-refractivity contribution in [2.24, 2.45) is 5.34 Å². The normalized spacial score (nSPS) is 10.0. The van der Waals surface area contributed by atoms with Crippen LogP contribution in [0.5, 0.6) is 11.5 Å². The molecule has 2 aromatic rings. The molecule has 0 aliphatic rings. The van der Waals surface area contributed by atoms with Gasteiger partial charge in [0.1, 0.15) is 26.9 Å². The molecule has 0 fully saturated rings. The summed E-state index contributed by atoms with van der Waals surface area (Å²) in [6.07, 6.45) is 0. The first-order valence-electron chi connectivity index (χ1n) is 10.6. The van der Waals surface area contributed by atoms with E-state index in [1.165, 1.54) is 20.3 Å². The molecule has 41 heavy (non-hydrogen) atoms. The number of nitrogen functional groups attached to an aromatic ring is 1. The maximum Gasteiger partial charge on any atom is 0.341 e. The first-order valence-corrected chi connectivity index (χ1v) is 12.2. The number of nitro groups is 2. The molecule has 0 atom stereocenters. The summed E-state index contributed by atoms with van der Waals surface area (Å²) in [7, 11) is 4.69. The summed E-state index contributed by atoms with van der Waals surface area (Å²) in [5, 5.41) is 23.9. The van der Waals surface area contributed by atoms with Crippen LogP contribution in [0.2, 0.25) is 10.0 Å². The quantitative estimate of drug-likeness (QED) is 0.118. The number of halogens is 3. The molecule has 0 saturated carbocycles. The number of methoxy groups -OCH3 is 4. The molecule has 19 heteroatoms. The van der Waals surface area contributed by atoms with E-state index in [9.17, 15) is 34.7 Å². The predicted octanol–water partition coefficient (Wildman–Crippen LogP) is 5.91. The Kier molecular flexibility index (Phi) is 14.8. The van der Waals surface area contributed by atoms with Gasteiger partial charge in [-0.25, -0.2) is 9.59 Å². The van der Waals surface area contributed by atoms with Gasteiger partial charge in [0.2, 0.25) is 11.5 Å². The zero-order chi connectivity index (χ0) is 32.2. The molecular weight excluding hydrogens is 663 g/mol. The second-order valence-corrected chi connectivity index (χ2v) is 9.69. The Balaban J connectivity index is 0.000000637. The molecule has 2 aromatic carbocycles. The van der Waals surface area contributed by atoms with Gasteiger partial charge in [-0.1, -0.05) is 23.2 Å². The third-order valence-corrected chi connectivity index (χ3v) is 5.93. The van der Waals surface area contributed by atoms with E-state index < -0.39 is 38.8 Å². The van der Waals surface area contributed by atoms with E-state index in [4.69, 9.17) is 38.4 Å². The highest BCUT2D eigenvalue weighted by Crippen LogP contribution is 2.43. The Morgan fingerprint density at radius 1 is 0.878 bits per heavy atom. The van der Waals surface area contributed by atoms with Crippen molar-refractivity contribution in [1.29, 1.82) is 0 Å². The SMILES string of the molecule is CC(C)(C)ON=O.COC(=O)c1cc(Cl)c(Br)c([N+](=O)[O-])c1OC.COC(=O)c1cc(Cl)c(N)c([N+](=O)[O-])c1OC. The first-order chi connectivity index (χ1) is 18.9. The summed E-state index contributed by atoms with van der Waals surface area (Å²) >= 11 is 14.5. The molecule has 0 saturated heterocycles. The molecule has 0 bridgehead atoms. The molecule has 0 amide bonds. The monoisotopic (exact) mass is 686 g/mol. The number of carbonyl (C=O) groups excluding carboxylic acids is 2. The number of rotatable bonds is 7. The van der Waals surface area contributed by atoms with E-state index in [0.717, 1.165) is 20.3 Å². The van der Waals surface area contributed by atoms with Gasteiger partial charge in [0.15, 0.2) is 5.34 Å².